The van der Waals surface area contributed by atoms with Gasteiger partial charge >= 0.3 is 0 Å². The number of carbonyl (C=O) groups excluding carboxylic acids is 1. The molecule has 0 spiro atoms. The fourth-order valence-corrected chi connectivity index (χ4v) is 3.55. The lowest BCUT2D eigenvalue weighted by molar-refractivity contribution is 0.101. The molecule has 0 aliphatic heterocycles. The maximum absolute atomic E-state index is 12.3. The molecule has 0 amide bonds. The number of hydrogen-bond donors (Lipinski definition) is 0. The van der Waals surface area contributed by atoms with Crippen LogP contribution in [0.4, 0.5) is 0 Å². The molecule has 0 fully saturated rings. The molecule has 0 atom stereocenters. The zero-order valence-corrected chi connectivity index (χ0v) is 15.8. The van der Waals surface area contributed by atoms with E-state index >= 15 is 0 Å². The predicted octanol–water partition coefficient (Wildman–Crippen LogP) is 5.11. The Balaban J connectivity index is 2.33. The van der Waals surface area contributed by atoms with Crippen molar-refractivity contribution in [3.05, 3.63) is 57.7 Å². The molecule has 0 saturated heterocycles. The molecule has 3 rings (SSSR count). The standard InChI is InChI=1S/C20H17BrN2O2/c1-12-4-6-15(7-5-12)23-13(2)20(14(3)24)16-10-19(25-9-8-22)17(21)11-18(16)23/h4-7,10-11H,9H2,1-3H3. The van der Waals surface area contributed by atoms with Gasteiger partial charge in [0.15, 0.2) is 12.4 Å². The van der Waals surface area contributed by atoms with Crippen molar-refractivity contribution >= 4 is 32.6 Å². The molecule has 0 aliphatic rings. The Labute approximate surface area is 154 Å². The van der Waals surface area contributed by atoms with Crippen molar-refractivity contribution in [2.45, 2.75) is 20.8 Å². The Bertz CT molecular complexity index is 1010. The van der Waals surface area contributed by atoms with Crippen molar-refractivity contribution in [3.8, 4) is 17.5 Å². The predicted molar refractivity (Wildman–Crippen MR) is 102 cm³/mol. The Morgan fingerprint density at radius 2 is 1.92 bits per heavy atom. The molecule has 0 saturated carbocycles. The number of benzene rings is 2. The number of hydrogen-bond acceptors (Lipinski definition) is 3. The molecule has 0 unspecified atom stereocenters. The first-order valence-electron chi connectivity index (χ1n) is 7.86. The van der Waals surface area contributed by atoms with E-state index in [1.807, 2.05) is 56.3 Å². The number of aromatic nitrogens is 1. The van der Waals surface area contributed by atoms with Crippen LogP contribution in [0, 0.1) is 25.2 Å². The minimum atomic E-state index is -0.0445. The Hall–Kier alpha value is -2.58. The molecular formula is C20H17BrN2O2. The molecule has 25 heavy (non-hydrogen) atoms. The third-order valence-electron chi connectivity index (χ3n) is 4.19. The van der Waals surface area contributed by atoms with E-state index in [4.69, 9.17) is 10.00 Å². The van der Waals surface area contributed by atoms with Crippen molar-refractivity contribution in [1.29, 1.82) is 5.26 Å². The second-order valence-electron chi connectivity index (χ2n) is 5.93. The third-order valence-corrected chi connectivity index (χ3v) is 4.81. The quantitative estimate of drug-likeness (QED) is 0.575. The molecular weight excluding hydrogens is 380 g/mol. The van der Waals surface area contributed by atoms with Gasteiger partial charge in [-0.2, -0.15) is 5.26 Å². The summed E-state index contributed by atoms with van der Waals surface area (Å²) in [6.07, 6.45) is 0. The van der Waals surface area contributed by atoms with E-state index in [1.165, 1.54) is 5.56 Å². The van der Waals surface area contributed by atoms with Crippen LogP contribution >= 0.6 is 15.9 Å². The number of aryl methyl sites for hydroxylation is 1. The average Bonchev–Trinajstić information content (AvgIpc) is 2.84. The van der Waals surface area contributed by atoms with Gasteiger partial charge < -0.3 is 9.30 Å². The topological polar surface area (TPSA) is 55.0 Å². The van der Waals surface area contributed by atoms with Gasteiger partial charge in [-0.15, -0.1) is 0 Å². The van der Waals surface area contributed by atoms with Gasteiger partial charge in [-0.25, -0.2) is 0 Å². The summed E-state index contributed by atoms with van der Waals surface area (Å²) in [7, 11) is 0. The van der Waals surface area contributed by atoms with Crippen LogP contribution in [0.2, 0.25) is 0 Å². The minimum Gasteiger partial charge on any atom is -0.478 e. The second-order valence-corrected chi connectivity index (χ2v) is 6.79. The summed E-state index contributed by atoms with van der Waals surface area (Å²) in [5.74, 6) is 0.555. The maximum atomic E-state index is 12.3. The van der Waals surface area contributed by atoms with Gasteiger partial charge in [-0.3, -0.25) is 4.79 Å². The fraction of sp³-hybridized carbons (Fsp3) is 0.200. The van der Waals surface area contributed by atoms with Gasteiger partial charge in [-0.1, -0.05) is 17.7 Å². The molecule has 4 nitrogen and oxygen atoms in total. The van der Waals surface area contributed by atoms with E-state index in [0.29, 0.717) is 11.3 Å². The monoisotopic (exact) mass is 396 g/mol. The van der Waals surface area contributed by atoms with Crippen molar-refractivity contribution in [3.63, 3.8) is 0 Å². The molecule has 2 aromatic carbocycles. The van der Waals surface area contributed by atoms with E-state index in [2.05, 4.69) is 20.5 Å². The molecule has 0 N–H and O–H groups in total. The van der Waals surface area contributed by atoms with Crippen LogP contribution in [0.5, 0.6) is 5.75 Å². The summed E-state index contributed by atoms with van der Waals surface area (Å²) in [4.78, 5) is 12.3. The van der Waals surface area contributed by atoms with Crippen LogP contribution < -0.4 is 4.74 Å². The number of rotatable bonds is 4. The van der Waals surface area contributed by atoms with Crippen LogP contribution in [0.25, 0.3) is 16.6 Å². The van der Waals surface area contributed by atoms with Crippen molar-refractivity contribution in [1.82, 2.24) is 4.57 Å². The lowest BCUT2D eigenvalue weighted by atomic mass is 10.1. The summed E-state index contributed by atoms with van der Waals surface area (Å²) < 4.78 is 8.29. The van der Waals surface area contributed by atoms with Crippen LogP contribution in [0.3, 0.4) is 0 Å². The molecule has 0 radical (unpaired) electrons. The first-order chi connectivity index (χ1) is 11.9. The first-order valence-corrected chi connectivity index (χ1v) is 8.65. The van der Waals surface area contributed by atoms with Gasteiger partial charge in [0.2, 0.25) is 0 Å². The maximum Gasteiger partial charge on any atom is 0.174 e. The average molecular weight is 397 g/mol. The van der Waals surface area contributed by atoms with E-state index < -0.39 is 0 Å². The Morgan fingerprint density at radius 1 is 1.24 bits per heavy atom. The van der Waals surface area contributed by atoms with Gasteiger partial charge in [-0.05, 0) is 61.0 Å². The number of carbonyl (C=O) groups is 1. The molecule has 1 aromatic heterocycles. The zero-order valence-electron chi connectivity index (χ0n) is 14.3. The van der Waals surface area contributed by atoms with Gasteiger partial charge in [0, 0.05) is 22.3 Å². The number of ketones is 1. The minimum absolute atomic E-state index is 0.00178. The first kappa shape index (κ1) is 17.2. The highest BCUT2D eigenvalue weighted by Crippen LogP contribution is 2.36. The summed E-state index contributed by atoms with van der Waals surface area (Å²) in [6.45, 7) is 5.51. The number of ether oxygens (including phenoxy) is 1. The molecule has 0 bridgehead atoms. The van der Waals surface area contributed by atoms with Crippen LogP contribution in [-0.2, 0) is 0 Å². The normalized spacial score (nSPS) is 10.7. The van der Waals surface area contributed by atoms with Gasteiger partial charge in [0.1, 0.15) is 11.8 Å². The van der Waals surface area contributed by atoms with E-state index in [-0.39, 0.29) is 12.4 Å². The summed E-state index contributed by atoms with van der Waals surface area (Å²) >= 11 is 3.50. The SMILES string of the molecule is CC(=O)c1c(C)n(-c2ccc(C)cc2)c2cc(Br)c(OCC#N)cc12. The number of fused-ring (bicyclic) bond motifs is 1. The molecule has 126 valence electrons. The van der Waals surface area contributed by atoms with Crippen molar-refractivity contribution < 1.29 is 9.53 Å². The fourth-order valence-electron chi connectivity index (χ4n) is 3.11. The summed E-state index contributed by atoms with van der Waals surface area (Å²) in [5, 5.41) is 9.57. The highest BCUT2D eigenvalue weighted by Gasteiger charge is 2.20. The smallest absolute Gasteiger partial charge is 0.174 e. The molecule has 5 heteroatoms. The Kier molecular flexibility index (Phi) is 4.65. The van der Waals surface area contributed by atoms with Crippen molar-refractivity contribution in [2.75, 3.05) is 6.61 Å². The van der Waals surface area contributed by atoms with Gasteiger partial charge in [0.05, 0.1) is 9.99 Å². The summed E-state index contributed by atoms with van der Waals surface area (Å²) in [6, 6.07) is 13.9. The largest absolute Gasteiger partial charge is 0.478 e. The van der Waals surface area contributed by atoms with Crippen LogP contribution in [0.15, 0.2) is 40.9 Å². The summed E-state index contributed by atoms with van der Waals surface area (Å²) in [5.41, 5.74) is 4.65. The molecule has 3 aromatic rings. The number of Topliss-reactive ketones (excluding diaryl/α,β-unsaturated/α-hetero) is 1. The third kappa shape index (κ3) is 3.06. The lowest BCUT2D eigenvalue weighted by Crippen LogP contribution is -1.99. The number of nitrogens with zero attached hydrogens (tertiary/aromatic N) is 2. The van der Waals surface area contributed by atoms with E-state index in [9.17, 15) is 4.79 Å². The van der Waals surface area contributed by atoms with E-state index in [1.54, 1.807) is 6.92 Å². The highest BCUT2D eigenvalue weighted by atomic mass is 79.9. The molecule has 1 heterocycles. The molecule has 0 aliphatic carbocycles. The van der Waals surface area contributed by atoms with E-state index in [0.717, 1.165) is 26.8 Å². The van der Waals surface area contributed by atoms with Gasteiger partial charge in [0.25, 0.3) is 0 Å². The lowest BCUT2D eigenvalue weighted by Gasteiger charge is -2.10. The number of halogens is 1. The second kappa shape index (κ2) is 6.73. The Morgan fingerprint density at radius 3 is 2.52 bits per heavy atom. The van der Waals surface area contributed by atoms with Crippen LogP contribution in [0.1, 0.15) is 28.5 Å². The zero-order chi connectivity index (χ0) is 18.1. The van der Waals surface area contributed by atoms with Crippen LogP contribution in [-0.4, -0.2) is 17.0 Å². The number of nitriles is 1. The van der Waals surface area contributed by atoms with Crippen molar-refractivity contribution in [2.24, 2.45) is 0 Å². The highest BCUT2D eigenvalue weighted by molar-refractivity contribution is 9.10.